The molecule has 1 aromatic carbocycles. The van der Waals surface area contributed by atoms with Crippen LogP contribution in [-0.2, 0) is 24.7 Å². The zero-order valence-corrected chi connectivity index (χ0v) is 20.3. The summed E-state index contributed by atoms with van der Waals surface area (Å²) in [4.78, 5) is 31.5. The summed E-state index contributed by atoms with van der Waals surface area (Å²) >= 11 is 0. The Morgan fingerprint density at radius 3 is 2.48 bits per heavy atom. The van der Waals surface area contributed by atoms with Crippen molar-refractivity contribution < 1.29 is 9.59 Å². The molecule has 1 aliphatic carbocycles. The van der Waals surface area contributed by atoms with E-state index in [9.17, 15) is 9.59 Å². The van der Waals surface area contributed by atoms with E-state index in [0.29, 0.717) is 5.69 Å². The first-order valence-corrected chi connectivity index (χ1v) is 12.5. The first-order valence-electron chi connectivity index (χ1n) is 12.5. The maximum absolute atomic E-state index is 14.1. The number of benzene rings is 1. The van der Waals surface area contributed by atoms with Crippen molar-refractivity contribution in [2.24, 2.45) is 12.5 Å². The quantitative estimate of drug-likeness (QED) is 0.695. The normalized spacial score (nSPS) is 30.5. The molecule has 1 aromatic heterocycles. The number of amides is 2. The van der Waals surface area contributed by atoms with E-state index in [1.54, 1.807) is 11.6 Å². The molecule has 3 aliphatic rings. The number of piperidine rings is 1. The molecule has 0 unspecified atom stereocenters. The van der Waals surface area contributed by atoms with Crippen molar-refractivity contribution >= 4 is 11.8 Å². The van der Waals surface area contributed by atoms with Crippen LogP contribution < -0.4 is 0 Å². The summed E-state index contributed by atoms with van der Waals surface area (Å²) in [6.45, 7) is 6.16. The summed E-state index contributed by atoms with van der Waals surface area (Å²) in [5.41, 5.74) is 2.81. The summed E-state index contributed by atoms with van der Waals surface area (Å²) < 4.78 is 1.76. The van der Waals surface area contributed by atoms with Crippen molar-refractivity contribution in [1.29, 1.82) is 0 Å². The SMILES string of the molecule is CCCc1cc(C(=O)N2[C@H]3CCC[C@H]4N(C(C)=O)[C@@H](Cc5ccccc5)[C@@H]2C[C@@]34C)n(C)n1. The van der Waals surface area contributed by atoms with Crippen LogP contribution in [-0.4, -0.2) is 55.6 Å². The Kier molecular flexibility index (Phi) is 5.58. The number of fused-ring (bicyclic) bond motifs is 1. The van der Waals surface area contributed by atoms with Gasteiger partial charge in [0.2, 0.25) is 5.91 Å². The fourth-order valence-electron chi connectivity index (χ4n) is 7.16. The van der Waals surface area contributed by atoms with E-state index in [-0.39, 0.29) is 41.4 Å². The molecule has 2 aromatic rings. The lowest BCUT2D eigenvalue weighted by Crippen LogP contribution is -2.62. The van der Waals surface area contributed by atoms with E-state index in [1.165, 1.54) is 5.56 Å². The Labute approximate surface area is 196 Å². The van der Waals surface area contributed by atoms with E-state index in [4.69, 9.17) is 0 Å². The molecular formula is C27H36N4O2. The Bertz CT molecular complexity index is 1050. The molecule has 33 heavy (non-hydrogen) atoms. The molecule has 2 bridgehead atoms. The van der Waals surface area contributed by atoms with Gasteiger partial charge >= 0.3 is 0 Å². The molecule has 176 valence electrons. The molecule has 2 saturated heterocycles. The van der Waals surface area contributed by atoms with Crippen LogP contribution in [0.15, 0.2) is 36.4 Å². The number of carbonyl (C=O) groups excluding carboxylic acids is 2. The lowest BCUT2D eigenvalue weighted by atomic mass is 9.64. The number of aromatic nitrogens is 2. The zero-order chi connectivity index (χ0) is 23.3. The fraction of sp³-hybridized carbons (Fsp3) is 0.593. The summed E-state index contributed by atoms with van der Waals surface area (Å²) in [6, 6.07) is 12.8. The van der Waals surface area contributed by atoms with E-state index in [1.807, 2.05) is 19.2 Å². The zero-order valence-electron chi connectivity index (χ0n) is 20.3. The topological polar surface area (TPSA) is 58.4 Å². The number of hydrogen-bond acceptors (Lipinski definition) is 3. The van der Waals surface area contributed by atoms with Gasteiger partial charge in [-0.25, -0.2) is 0 Å². The summed E-state index contributed by atoms with van der Waals surface area (Å²) in [5, 5.41) is 4.61. The maximum atomic E-state index is 14.1. The first kappa shape index (κ1) is 22.2. The molecule has 2 aliphatic heterocycles. The number of hydrogen-bond donors (Lipinski definition) is 0. The smallest absolute Gasteiger partial charge is 0.272 e. The van der Waals surface area contributed by atoms with Gasteiger partial charge in [0.25, 0.3) is 5.91 Å². The molecule has 0 radical (unpaired) electrons. The van der Waals surface area contributed by atoms with Crippen LogP contribution in [0.2, 0.25) is 0 Å². The van der Waals surface area contributed by atoms with E-state index >= 15 is 0 Å². The van der Waals surface area contributed by atoms with E-state index in [0.717, 1.165) is 50.6 Å². The van der Waals surface area contributed by atoms with Gasteiger partial charge in [-0.15, -0.1) is 0 Å². The highest BCUT2D eigenvalue weighted by Crippen LogP contribution is 2.56. The van der Waals surface area contributed by atoms with Crippen molar-refractivity contribution in [3.63, 3.8) is 0 Å². The minimum Gasteiger partial charge on any atom is -0.334 e. The van der Waals surface area contributed by atoms with Gasteiger partial charge in [0.15, 0.2) is 0 Å². The van der Waals surface area contributed by atoms with Crippen LogP contribution in [0.4, 0.5) is 0 Å². The number of likely N-dealkylation sites (tertiary alicyclic amines) is 2. The fourth-order valence-corrected chi connectivity index (χ4v) is 7.16. The van der Waals surface area contributed by atoms with Gasteiger partial charge in [-0.1, -0.05) is 50.6 Å². The van der Waals surface area contributed by atoms with E-state index < -0.39 is 0 Å². The Morgan fingerprint density at radius 2 is 1.82 bits per heavy atom. The molecule has 3 fully saturated rings. The standard InChI is InChI=1S/C27H36N4O2/c1-5-10-20-16-22(29(4)28-20)26(33)31-23-17-27(3)24(13-9-14-25(27)31)30(18(2)32)21(23)15-19-11-7-6-8-12-19/h6-8,11-12,16,21,23-25H,5,9-10,13-15,17H2,1-4H3/t21-,23-,24+,25-,27+/m0/s1. The van der Waals surface area contributed by atoms with Gasteiger partial charge in [-0.2, -0.15) is 5.10 Å². The van der Waals surface area contributed by atoms with Crippen LogP contribution in [0.5, 0.6) is 0 Å². The molecular weight excluding hydrogens is 412 g/mol. The maximum Gasteiger partial charge on any atom is 0.272 e. The lowest BCUT2D eigenvalue weighted by molar-refractivity contribution is -0.142. The number of rotatable bonds is 5. The van der Waals surface area contributed by atoms with Crippen molar-refractivity contribution in [1.82, 2.24) is 19.6 Å². The monoisotopic (exact) mass is 448 g/mol. The number of aryl methyl sites for hydroxylation is 2. The summed E-state index contributed by atoms with van der Waals surface area (Å²) in [7, 11) is 1.88. The largest absolute Gasteiger partial charge is 0.334 e. The Balaban J connectivity index is 1.57. The summed E-state index contributed by atoms with van der Waals surface area (Å²) in [5.74, 6) is 0.216. The highest BCUT2D eigenvalue weighted by Gasteiger charge is 2.64. The number of nitrogens with zero attached hydrogens (tertiary/aromatic N) is 4. The van der Waals surface area contributed by atoms with Gasteiger partial charge in [0.1, 0.15) is 5.69 Å². The second-order valence-electron chi connectivity index (χ2n) is 10.5. The molecule has 6 nitrogen and oxygen atoms in total. The van der Waals surface area contributed by atoms with Crippen LogP contribution in [0, 0.1) is 5.41 Å². The first-order chi connectivity index (χ1) is 15.8. The molecule has 2 amide bonds. The molecule has 1 saturated carbocycles. The highest BCUT2D eigenvalue weighted by atomic mass is 16.2. The van der Waals surface area contributed by atoms with Gasteiger partial charge in [0.05, 0.1) is 17.8 Å². The third-order valence-electron chi connectivity index (χ3n) is 8.50. The van der Waals surface area contributed by atoms with Crippen molar-refractivity contribution in [3.05, 3.63) is 53.3 Å². The van der Waals surface area contributed by atoms with Gasteiger partial charge in [-0.05, 0) is 50.2 Å². The molecule has 6 heteroatoms. The van der Waals surface area contributed by atoms with Crippen LogP contribution in [0.3, 0.4) is 0 Å². The van der Waals surface area contributed by atoms with Gasteiger partial charge in [-0.3, -0.25) is 14.3 Å². The average Bonchev–Trinajstić information content (AvgIpc) is 3.30. The van der Waals surface area contributed by atoms with Gasteiger partial charge < -0.3 is 9.80 Å². The van der Waals surface area contributed by atoms with E-state index in [2.05, 4.69) is 53.0 Å². The second-order valence-corrected chi connectivity index (χ2v) is 10.5. The van der Waals surface area contributed by atoms with Crippen molar-refractivity contribution in [3.8, 4) is 0 Å². The summed E-state index contributed by atoms with van der Waals surface area (Å²) in [6.07, 6.45) is 6.72. The van der Waals surface area contributed by atoms with Gasteiger partial charge in [0, 0.05) is 31.5 Å². The second kappa shape index (κ2) is 8.30. The van der Waals surface area contributed by atoms with Crippen molar-refractivity contribution in [2.45, 2.75) is 89.9 Å². The number of carbonyl (C=O) groups is 2. The molecule has 0 spiro atoms. The molecule has 5 atom stereocenters. The minimum absolute atomic E-state index is 0.00151. The third-order valence-corrected chi connectivity index (χ3v) is 8.50. The third kappa shape index (κ3) is 3.49. The van der Waals surface area contributed by atoms with Crippen molar-refractivity contribution in [2.75, 3.05) is 0 Å². The molecule has 0 N–H and O–H groups in total. The predicted octanol–water partition coefficient (Wildman–Crippen LogP) is 3.99. The highest BCUT2D eigenvalue weighted by molar-refractivity contribution is 5.94. The van der Waals surface area contributed by atoms with Crippen LogP contribution in [0.1, 0.15) is 74.6 Å². The lowest BCUT2D eigenvalue weighted by Gasteiger charge is -2.52. The van der Waals surface area contributed by atoms with Crippen LogP contribution in [0.25, 0.3) is 0 Å². The van der Waals surface area contributed by atoms with Crippen LogP contribution >= 0.6 is 0 Å². The Morgan fingerprint density at radius 1 is 1.12 bits per heavy atom. The predicted molar refractivity (Wildman–Crippen MR) is 128 cm³/mol. The Hall–Kier alpha value is -2.63. The average molecular weight is 449 g/mol. The molecule has 3 heterocycles. The molecule has 5 rings (SSSR count). The minimum atomic E-state index is -0.0533.